The maximum atomic E-state index is 13.5. The highest BCUT2D eigenvalue weighted by molar-refractivity contribution is 6.29. The summed E-state index contributed by atoms with van der Waals surface area (Å²) in [5.74, 6) is -2.68. The fourth-order valence-electron chi connectivity index (χ4n) is 2.57. The van der Waals surface area contributed by atoms with Crippen LogP contribution < -0.4 is 5.32 Å². The van der Waals surface area contributed by atoms with Gasteiger partial charge in [0.25, 0.3) is 5.91 Å². The highest BCUT2D eigenvalue weighted by Crippen LogP contribution is 2.30. The van der Waals surface area contributed by atoms with E-state index in [1.165, 1.54) is 25.3 Å². The Morgan fingerprint density at radius 1 is 1.21 bits per heavy atom. The van der Waals surface area contributed by atoms with Crippen LogP contribution in [0.1, 0.15) is 18.1 Å². The number of aromatic nitrogens is 1. The van der Waals surface area contributed by atoms with Crippen LogP contribution in [0.15, 0.2) is 36.5 Å². The Morgan fingerprint density at radius 2 is 1.96 bits per heavy atom. The minimum atomic E-state index is -1.47. The second-order valence-corrected chi connectivity index (χ2v) is 5.95. The van der Waals surface area contributed by atoms with Gasteiger partial charge < -0.3 is 5.32 Å². The Bertz CT molecular complexity index is 846. The van der Waals surface area contributed by atoms with E-state index in [9.17, 15) is 18.4 Å². The van der Waals surface area contributed by atoms with Crippen LogP contribution in [0.5, 0.6) is 0 Å². The molecule has 1 aromatic heterocycles. The first-order valence-corrected chi connectivity index (χ1v) is 7.39. The lowest BCUT2D eigenvalue weighted by atomic mass is 9.92. The van der Waals surface area contributed by atoms with Crippen LogP contribution in [0.25, 0.3) is 0 Å². The van der Waals surface area contributed by atoms with Gasteiger partial charge >= 0.3 is 6.03 Å². The van der Waals surface area contributed by atoms with Crippen molar-refractivity contribution in [3.05, 3.63) is 64.4 Å². The lowest BCUT2D eigenvalue weighted by Crippen LogP contribution is -2.41. The van der Waals surface area contributed by atoms with Gasteiger partial charge in [-0.1, -0.05) is 17.7 Å². The van der Waals surface area contributed by atoms with Crippen molar-refractivity contribution in [1.82, 2.24) is 15.2 Å². The summed E-state index contributed by atoms with van der Waals surface area (Å²) < 4.78 is 26.6. The number of halogens is 3. The minimum absolute atomic E-state index is 0.00776. The van der Waals surface area contributed by atoms with E-state index in [2.05, 4.69) is 10.3 Å². The smallest absolute Gasteiger partial charge is 0.319 e. The number of carbonyl (C=O) groups is 2. The zero-order chi connectivity index (χ0) is 17.5. The van der Waals surface area contributed by atoms with Crippen LogP contribution >= 0.6 is 11.6 Å². The summed E-state index contributed by atoms with van der Waals surface area (Å²) in [6, 6.07) is 5.62. The molecule has 1 N–H and O–H groups in total. The van der Waals surface area contributed by atoms with Gasteiger partial charge in [-0.3, -0.25) is 9.69 Å². The molecule has 2 heterocycles. The number of benzene rings is 1. The van der Waals surface area contributed by atoms with Gasteiger partial charge in [0.05, 0.1) is 6.54 Å². The zero-order valence-corrected chi connectivity index (χ0v) is 13.3. The van der Waals surface area contributed by atoms with E-state index in [1.54, 1.807) is 6.07 Å². The maximum Gasteiger partial charge on any atom is 0.325 e. The number of rotatable bonds is 3. The number of pyridine rings is 1. The van der Waals surface area contributed by atoms with Crippen molar-refractivity contribution in [3.63, 3.8) is 0 Å². The van der Waals surface area contributed by atoms with Crippen LogP contribution in [0.3, 0.4) is 0 Å². The van der Waals surface area contributed by atoms with Gasteiger partial charge in [0, 0.05) is 6.20 Å². The zero-order valence-electron chi connectivity index (χ0n) is 12.5. The molecule has 1 atom stereocenters. The molecular formula is C16H12ClF2N3O2. The molecule has 0 spiro atoms. The van der Waals surface area contributed by atoms with Crippen LogP contribution in [0.4, 0.5) is 13.6 Å². The Hall–Kier alpha value is -2.54. The molecule has 124 valence electrons. The molecule has 3 amide bonds. The van der Waals surface area contributed by atoms with Crippen molar-refractivity contribution in [2.75, 3.05) is 0 Å². The van der Waals surface area contributed by atoms with Crippen molar-refractivity contribution in [2.45, 2.75) is 19.0 Å². The molecule has 1 aliphatic rings. The third-order valence-corrected chi connectivity index (χ3v) is 4.11. The minimum Gasteiger partial charge on any atom is -0.319 e. The van der Waals surface area contributed by atoms with Crippen LogP contribution in [0, 0.1) is 11.6 Å². The van der Waals surface area contributed by atoms with Crippen molar-refractivity contribution >= 4 is 23.5 Å². The molecule has 8 heteroatoms. The average Bonchev–Trinajstić information content (AvgIpc) is 2.74. The second kappa shape index (κ2) is 5.83. The fourth-order valence-corrected chi connectivity index (χ4v) is 2.76. The number of hydrogen-bond acceptors (Lipinski definition) is 3. The van der Waals surface area contributed by atoms with E-state index in [0.717, 1.165) is 17.0 Å². The van der Waals surface area contributed by atoms with Crippen LogP contribution in [-0.4, -0.2) is 21.8 Å². The first kappa shape index (κ1) is 16.3. The summed E-state index contributed by atoms with van der Waals surface area (Å²) in [6.07, 6.45) is 1.46. The largest absolute Gasteiger partial charge is 0.325 e. The lowest BCUT2D eigenvalue weighted by Gasteiger charge is -2.22. The predicted octanol–water partition coefficient (Wildman–Crippen LogP) is 2.98. The topological polar surface area (TPSA) is 62.3 Å². The molecule has 1 unspecified atom stereocenters. The number of imide groups is 1. The number of urea groups is 1. The van der Waals surface area contributed by atoms with E-state index in [1.807, 2.05) is 0 Å². The van der Waals surface area contributed by atoms with Gasteiger partial charge in [0.2, 0.25) is 0 Å². The Kier molecular flexibility index (Phi) is 3.96. The van der Waals surface area contributed by atoms with E-state index < -0.39 is 29.1 Å². The molecule has 1 aromatic carbocycles. The number of nitrogens with zero attached hydrogens (tertiary/aromatic N) is 2. The first-order chi connectivity index (χ1) is 11.3. The van der Waals surface area contributed by atoms with Crippen molar-refractivity contribution < 1.29 is 18.4 Å². The molecule has 2 aromatic rings. The van der Waals surface area contributed by atoms with E-state index in [0.29, 0.717) is 5.56 Å². The molecule has 3 rings (SSSR count). The highest BCUT2D eigenvalue weighted by atomic mass is 35.5. The number of nitrogens with one attached hydrogen (secondary N) is 1. The average molecular weight is 352 g/mol. The number of hydrogen-bond donors (Lipinski definition) is 1. The quantitative estimate of drug-likeness (QED) is 0.683. The van der Waals surface area contributed by atoms with Gasteiger partial charge in [-0.2, -0.15) is 0 Å². The van der Waals surface area contributed by atoms with Gasteiger partial charge in [0.1, 0.15) is 10.7 Å². The summed E-state index contributed by atoms with van der Waals surface area (Å²) in [5.41, 5.74) is -0.689. The predicted molar refractivity (Wildman–Crippen MR) is 82.0 cm³/mol. The molecule has 0 aliphatic carbocycles. The van der Waals surface area contributed by atoms with Crippen LogP contribution in [0.2, 0.25) is 5.15 Å². The Balaban J connectivity index is 1.91. The SMILES string of the molecule is CC1(c2ccc(F)c(F)c2)NC(=O)N(Cc2ccnc(Cl)c2)C1=O. The summed E-state index contributed by atoms with van der Waals surface area (Å²) in [6.45, 7) is 1.44. The van der Waals surface area contributed by atoms with Gasteiger partial charge in [0.15, 0.2) is 11.6 Å². The Labute approximate surface area is 141 Å². The van der Waals surface area contributed by atoms with Crippen molar-refractivity contribution in [2.24, 2.45) is 0 Å². The summed E-state index contributed by atoms with van der Waals surface area (Å²) in [4.78, 5) is 29.7. The molecule has 0 saturated carbocycles. The molecular weight excluding hydrogens is 340 g/mol. The van der Waals surface area contributed by atoms with Gasteiger partial charge in [-0.05, 0) is 42.3 Å². The van der Waals surface area contributed by atoms with E-state index in [4.69, 9.17) is 11.6 Å². The second-order valence-electron chi connectivity index (χ2n) is 5.56. The fraction of sp³-hybridized carbons (Fsp3) is 0.188. The normalized spacial score (nSPS) is 20.4. The monoisotopic (exact) mass is 351 g/mol. The lowest BCUT2D eigenvalue weighted by molar-refractivity contribution is -0.131. The van der Waals surface area contributed by atoms with Crippen molar-refractivity contribution in [1.29, 1.82) is 0 Å². The third-order valence-electron chi connectivity index (χ3n) is 3.90. The highest BCUT2D eigenvalue weighted by Gasteiger charge is 2.49. The maximum absolute atomic E-state index is 13.5. The van der Waals surface area contributed by atoms with Crippen molar-refractivity contribution in [3.8, 4) is 0 Å². The summed E-state index contributed by atoms with van der Waals surface area (Å²) in [7, 11) is 0. The van der Waals surface area contributed by atoms with Gasteiger partial charge in [-0.15, -0.1) is 0 Å². The molecule has 5 nitrogen and oxygen atoms in total. The van der Waals surface area contributed by atoms with Crippen LogP contribution in [-0.2, 0) is 16.9 Å². The number of carbonyl (C=O) groups excluding carboxylic acids is 2. The molecule has 24 heavy (non-hydrogen) atoms. The van der Waals surface area contributed by atoms with E-state index >= 15 is 0 Å². The first-order valence-electron chi connectivity index (χ1n) is 7.01. The Morgan fingerprint density at radius 3 is 2.62 bits per heavy atom. The third kappa shape index (κ3) is 2.71. The molecule has 1 saturated heterocycles. The molecule has 1 aliphatic heterocycles. The standard InChI is InChI=1S/C16H12ClF2N3O2/c1-16(10-2-3-11(18)12(19)7-10)14(23)22(15(24)21-16)8-9-4-5-20-13(17)6-9/h2-7H,8H2,1H3,(H,21,24). The molecule has 0 radical (unpaired) electrons. The number of amides is 3. The van der Waals surface area contributed by atoms with E-state index in [-0.39, 0.29) is 17.3 Å². The molecule has 0 bridgehead atoms. The molecule has 1 fully saturated rings. The summed E-state index contributed by atoms with van der Waals surface area (Å²) >= 11 is 5.79. The summed E-state index contributed by atoms with van der Waals surface area (Å²) in [5, 5.41) is 2.77. The van der Waals surface area contributed by atoms with Gasteiger partial charge in [-0.25, -0.2) is 18.6 Å².